The van der Waals surface area contributed by atoms with Gasteiger partial charge in [0.1, 0.15) is 5.75 Å². The fraction of sp³-hybridized carbons (Fsp3) is 0.250. The number of benzene rings is 2. The molecule has 0 bridgehead atoms. The molecular weight excluding hydrogens is 239 g/mol. The maximum Gasteiger partial charge on any atom is 0.118 e. The van der Waals surface area contributed by atoms with E-state index in [4.69, 9.17) is 4.74 Å². The summed E-state index contributed by atoms with van der Waals surface area (Å²) in [6, 6.07) is 12.9. The van der Waals surface area contributed by atoms with Gasteiger partial charge in [0.25, 0.3) is 0 Å². The number of hydrogen-bond donors (Lipinski definition) is 0. The molecule has 1 atom stereocenters. The highest BCUT2D eigenvalue weighted by Gasteiger charge is 2.05. The molecule has 0 heterocycles. The molecule has 0 radical (unpaired) electrons. The fourth-order valence-electron chi connectivity index (χ4n) is 2.20. The molecule has 0 aliphatic carbocycles. The van der Waals surface area contributed by atoms with Crippen LogP contribution in [0, 0.1) is 20.8 Å². The minimum absolute atomic E-state index is 0.713. The lowest BCUT2D eigenvalue weighted by molar-refractivity contribution is 0.415. The first-order chi connectivity index (χ1) is 8.60. The van der Waals surface area contributed by atoms with E-state index in [9.17, 15) is 0 Å². The van der Waals surface area contributed by atoms with E-state index >= 15 is 0 Å². The fourth-order valence-corrected chi connectivity index (χ4v) is 3.36. The summed E-state index contributed by atoms with van der Waals surface area (Å²) < 4.78 is 5.19. The van der Waals surface area contributed by atoms with Gasteiger partial charge in [-0.15, -0.1) is 0 Å². The second-order valence-electron chi connectivity index (χ2n) is 4.63. The van der Waals surface area contributed by atoms with E-state index in [1.165, 1.54) is 27.3 Å². The van der Waals surface area contributed by atoms with Crippen LogP contribution < -0.4 is 15.3 Å². The van der Waals surface area contributed by atoms with Crippen molar-refractivity contribution in [1.29, 1.82) is 0 Å². The first-order valence-corrected chi connectivity index (χ1v) is 7.09. The molecule has 0 aromatic heterocycles. The SMILES string of the molecule is COc1ccc(Pc2c(C)cc(C)cc2C)cc1. The molecule has 94 valence electrons. The van der Waals surface area contributed by atoms with Gasteiger partial charge in [0.15, 0.2) is 0 Å². The van der Waals surface area contributed by atoms with Crippen LogP contribution in [-0.4, -0.2) is 7.11 Å². The molecule has 1 nitrogen and oxygen atoms in total. The van der Waals surface area contributed by atoms with Crippen LogP contribution in [0.1, 0.15) is 16.7 Å². The van der Waals surface area contributed by atoms with Crippen molar-refractivity contribution in [3.8, 4) is 5.75 Å². The van der Waals surface area contributed by atoms with Crippen molar-refractivity contribution in [3.05, 3.63) is 53.1 Å². The van der Waals surface area contributed by atoms with Gasteiger partial charge in [-0.2, -0.15) is 0 Å². The molecule has 2 heteroatoms. The lowest BCUT2D eigenvalue weighted by atomic mass is 10.1. The van der Waals surface area contributed by atoms with Crippen LogP contribution in [0.2, 0.25) is 0 Å². The summed E-state index contributed by atoms with van der Waals surface area (Å²) in [5.41, 5.74) is 4.12. The number of ether oxygens (including phenoxy) is 1. The predicted molar refractivity (Wildman–Crippen MR) is 81.2 cm³/mol. The molecule has 0 aliphatic rings. The smallest absolute Gasteiger partial charge is 0.118 e. The van der Waals surface area contributed by atoms with Crippen molar-refractivity contribution in [1.82, 2.24) is 0 Å². The highest BCUT2D eigenvalue weighted by molar-refractivity contribution is 7.55. The Hall–Kier alpha value is -1.33. The highest BCUT2D eigenvalue weighted by atomic mass is 31.1. The van der Waals surface area contributed by atoms with Crippen molar-refractivity contribution >= 4 is 19.2 Å². The zero-order valence-corrected chi connectivity index (χ0v) is 12.4. The molecule has 18 heavy (non-hydrogen) atoms. The van der Waals surface area contributed by atoms with Crippen LogP contribution in [0.5, 0.6) is 5.75 Å². The summed E-state index contributed by atoms with van der Waals surface area (Å²) in [6.45, 7) is 6.55. The predicted octanol–water partition coefficient (Wildman–Crippen LogP) is 3.25. The Morgan fingerprint density at radius 3 is 1.94 bits per heavy atom. The van der Waals surface area contributed by atoms with Gasteiger partial charge < -0.3 is 4.74 Å². The molecule has 2 rings (SSSR count). The summed E-state index contributed by atoms with van der Waals surface area (Å²) in [5, 5.41) is 2.82. The van der Waals surface area contributed by atoms with Gasteiger partial charge in [0.2, 0.25) is 0 Å². The van der Waals surface area contributed by atoms with Crippen LogP contribution in [0.3, 0.4) is 0 Å². The summed E-state index contributed by atoms with van der Waals surface area (Å²) >= 11 is 0. The second kappa shape index (κ2) is 5.54. The zero-order valence-electron chi connectivity index (χ0n) is 11.4. The Balaban J connectivity index is 2.28. The largest absolute Gasteiger partial charge is 0.497 e. The van der Waals surface area contributed by atoms with Gasteiger partial charge in [0, 0.05) is 0 Å². The van der Waals surface area contributed by atoms with Crippen molar-refractivity contribution in [2.75, 3.05) is 7.11 Å². The summed E-state index contributed by atoms with van der Waals surface area (Å²) in [5.74, 6) is 0.918. The standard InChI is InChI=1S/C16H19OP/c1-11-9-12(2)16(13(3)10-11)18-15-7-5-14(17-4)6-8-15/h5-10,18H,1-4H3. The van der Waals surface area contributed by atoms with Gasteiger partial charge in [-0.3, -0.25) is 0 Å². The third-order valence-electron chi connectivity index (χ3n) is 3.04. The summed E-state index contributed by atoms with van der Waals surface area (Å²) in [4.78, 5) is 0. The van der Waals surface area contributed by atoms with E-state index < -0.39 is 0 Å². The Morgan fingerprint density at radius 1 is 0.889 bits per heavy atom. The van der Waals surface area contributed by atoms with Crippen molar-refractivity contribution < 1.29 is 4.74 Å². The Morgan fingerprint density at radius 2 is 1.44 bits per heavy atom. The van der Waals surface area contributed by atoms with Crippen LogP contribution in [0.15, 0.2) is 36.4 Å². The van der Waals surface area contributed by atoms with Crippen LogP contribution in [0.4, 0.5) is 0 Å². The second-order valence-corrected chi connectivity index (χ2v) is 5.95. The van der Waals surface area contributed by atoms with Gasteiger partial charge in [-0.05, 0) is 54.6 Å². The number of methoxy groups -OCH3 is 1. The molecular formula is C16H19OP. The average Bonchev–Trinajstić information content (AvgIpc) is 2.34. The van der Waals surface area contributed by atoms with E-state index in [1.54, 1.807) is 7.11 Å². The maximum atomic E-state index is 5.19. The van der Waals surface area contributed by atoms with E-state index in [0.29, 0.717) is 8.58 Å². The topological polar surface area (TPSA) is 9.23 Å². The number of hydrogen-bond acceptors (Lipinski definition) is 1. The van der Waals surface area contributed by atoms with Gasteiger partial charge in [0.05, 0.1) is 7.11 Å². The van der Waals surface area contributed by atoms with Gasteiger partial charge in [-0.25, -0.2) is 0 Å². The molecule has 0 fully saturated rings. The van der Waals surface area contributed by atoms with Crippen LogP contribution >= 0.6 is 8.58 Å². The highest BCUT2D eigenvalue weighted by Crippen LogP contribution is 2.19. The summed E-state index contributed by atoms with van der Waals surface area (Å²) in [7, 11) is 2.41. The lowest BCUT2D eigenvalue weighted by Crippen LogP contribution is -2.10. The van der Waals surface area contributed by atoms with Gasteiger partial charge in [-0.1, -0.05) is 38.4 Å². The normalized spacial score (nSPS) is 11.1. The number of aryl methyl sites for hydroxylation is 3. The third-order valence-corrected chi connectivity index (χ3v) is 4.70. The summed E-state index contributed by atoms with van der Waals surface area (Å²) in [6.07, 6.45) is 0. The molecule has 0 amide bonds. The first kappa shape index (κ1) is 13.1. The zero-order chi connectivity index (χ0) is 13.1. The van der Waals surface area contributed by atoms with E-state index in [1.807, 2.05) is 12.1 Å². The Labute approximate surface area is 111 Å². The molecule has 2 aromatic carbocycles. The maximum absolute atomic E-state index is 5.19. The average molecular weight is 258 g/mol. The van der Waals surface area contributed by atoms with E-state index in [-0.39, 0.29) is 0 Å². The lowest BCUT2D eigenvalue weighted by Gasteiger charge is -2.11. The van der Waals surface area contributed by atoms with Crippen LogP contribution in [-0.2, 0) is 0 Å². The number of rotatable bonds is 3. The molecule has 0 N–H and O–H groups in total. The monoisotopic (exact) mass is 258 g/mol. The Kier molecular flexibility index (Phi) is 4.04. The van der Waals surface area contributed by atoms with Crippen molar-refractivity contribution in [3.63, 3.8) is 0 Å². The quantitative estimate of drug-likeness (QED) is 0.768. The molecule has 0 saturated carbocycles. The third kappa shape index (κ3) is 2.91. The van der Waals surface area contributed by atoms with Crippen molar-refractivity contribution in [2.45, 2.75) is 20.8 Å². The van der Waals surface area contributed by atoms with Gasteiger partial charge >= 0.3 is 0 Å². The minimum Gasteiger partial charge on any atom is -0.497 e. The minimum atomic E-state index is 0.713. The van der Waals surface area contributed by atoms with E-state index in [2.05, 4.69) is 45.0 Å². The molecule has 2 aromatic rings. The van der Waals surface area contributed by atoms with E-state index in [0.717, 1.165) is 5.75 Å². The molecule has 1 unspecified atom stereocenters. The molecule has 0 aliphatic heterocycles. The molecule has 0 spiro atoms. The Bertz CT molecular complexity index is 521. The van der Waals surface area contributed by atoms with Crippen LogP contribution in [0.25, 0.3) is 0 Å². The first-order valence-electron chi connectivity index (χ1n) is 6.09. The molecule has 0 saturated heterocycles. The van der Waals surface area contributed by atoms with Crippen molar-refractivity contribution in [2.24, 2.45) is 0 Å².